The van der Waals surface area contributed by atoms with Gasteiger partial charge in [0, 0.05) is 12.8 Å². The Balaban J connectivity index is 3.36. The van der Waals surface area contributed by atoms with Crippen LogP contribution in [0.15, 0.2) is 48.6 Å². The molecule has 0 spiro atoms. The number of carbonyl (C=O) groups excluding carboxylic acids is 2. The van der Waals surface area contributed by atoms with Gasteiger partial charge in [-0.05, 0) is 83.5 Å². The Bertz CT molecular complexity index is 1370. The van der Waals surface area contributed by atoms with E-state index >= 15 is 0 Å². The topological polar surface area (TPSA) is 95.9 Å². The van der Waals surface area contributed by atoms with Crippen molar-refractivity contribution < 1.29 is 24.5 Å². The highest BCUT2D eigenvalue weighted by molar-refractivity contribution is 5.76. The Hall–Kier alpha value is -2.18. The van der Waals surface area contributed by atoms with Crippen LogP contribution < -0.4 is 5.32 Å². The molecule has 82 heavy (non-hydrogen) atoms. The lowest BCUT2D eigenvalue weighted by Gasteiger charge is -2.20. The Morgan fingerprint density at radius 2 is 0.634 bits per heavy atom. The average molecular weight is 1150 g/mol. The molecule has 0 aliphatic heterocycles. The number of allylic oxidation sites excluding steroid dienone is 7. The van der Waals surface area contributed by atoms with Crippen LogP contribution in [0.1, 0.15) is 399 Å². The zero-order valence-corrected chi connectivity index (χ0v) is 55.2. The summed E-state index contributed by atoms with van der Waals surface area (Å²) >= 11 is 0. The lowest BCUT2D eigenvalue weighted by Crippen LogP contribution is -2.45. The highest BCUT2D eigenvalue weighted by Crippen LogP contribution is 2.19. The van der Waals surface area contributed by atoms with E-state index in [9.17, 15) is 19.8 Å². The maximum absolute atomic E-state index is 12.5. The van der Waals surface area contributed by atoms with E-state index < -0.39 is 12.1 Å². The first-order valence-electron chi connectivity index (χ1n) is 36.9. The Morgan fingerprint density at radius 3 is 0.988 bits per heavy atom. The van der Waals surface area contributed by atoms with E-state index in [2.05, 4.69) is 55.6 Å². The van der Waals surface area contributed by atoms with Crippen molar-refractivity contribution in [2.75, 3.05) is 13.2 Å². The molecule has 3 N–H and O–H groups in total. The Labute approximate surface area is 512 Å². The van der Waals surface area contributed by atoms with E-state index in [1.54, 1.807) is 6.08 Å². The highest BCUT2D eigenvalue weighted by atomic mass is 16.5. The molecular formula is C76H143NO5. The summed E-state index contributed by atoms with van der Waals surface area (Å²) in [5, 5.41) is 23.2. The van der Waals surface area contributed by atoms with Gasteiger partial charge in [-0.1, -0.05) is 351 Å². The van der Waals surface area contributed by atoms with Crippen LogP contribution in [0.5, 0.6) is 0 Å². The lowest BCUT2D eigenvalue weighted by molar-refractivity contribution is -0.143. The number of unbranched alkanes of at least 4 members (excludes halogenated alkanes) is 52. The second-order valence-electron chi connectivity index (χ2n) is 25.3. The number of hydrogen-bond acceptors (Lipinski definition) is 5. The number of carbonyl (C=O) groups is 2. The third-order valence-corrected chi connectivity index (χ3v) is 17.0. The fourth-order valence-electron chi connectivity index (χ4n) is 11.4. The zero-order valence-electron chi connectivity index (χ0n) is 55.2. The summed E-state index contributed by atoms with van der Waals surface area (Å²) in [4.78, 5) is 24.5. The molecule has 2 unspecified atom stereocenters. The predicted octanol–water partition coefficient (Wildman–Crippen LogP) is 24.0. The maximum atomic E-state index is 12.5. The van der Waals surface area contributed by atoms with Gasteiger partial charge in [0.1, 0.15) is 0 Å². The third kappa shape index (κ3) is 67.0. The molecule has 6 nitrogen and oxygen atoms in total. The lowest BCUT2D eigenvalue weighted by atomic mass is 10.0. The number of nitrogens with one attached hydrogen (secondary N) is 1. The molecule has 2 atom stereocenters. The molecule has 0 aliphatic rings. The van der Waals surface area contributed by atoms with Crippen LogP contribution in [-0.2, 0) is 14.3 Å². The van der Waals surface area contributed by atoms with Gasteiger partial charge in [0.05, 0.1) is 25.4 Å². The standard InChI is InChI=1S/C76H143NO5/c1-3-5-7-9-11-13-15-17-18-38-41-45-48-52-56-60-64-68-74(79)73(72-78)77-75(80)69-65-61-57-53-49-46-42-39-36-34-32-30-28-26-24-22-20-19-21-23-25-27-29-31-33-35-37-40-43-47-51-55-59-63-67-71-82-76(81)70-66-62-58-54-50-44-16-14-12-10-8-6-4-2/h8,10,14,16,21,23,64,68,73-74,78-79H,3-7,9,11-13,15,17-20,22,24-63,65-67,69-72H2,1-2H3,(H,77,80)/b10-8-,16-14-,23-21-,68-64+. The predicted molar refractivity (Wildman–Crippen MR) is 361 cm³/mol. The smallest absolute Gasteiger partial charge is 0.305 e. The van der Waals surface area contributed by atoms with Crippen molar-refractivity contribution in [2.24, 2.45) is 0 Å². The molecule has 0 aliphatic carbocycles. The summed E-state index contributed by atoms with van der Waals surface area (Å²) in [6.45, 7) is 4.87. The quantitative estimate of drug-likeness (QED) is 0.0320. The molecule has 6 heteroatoms. The molecule has 0 saturated heterocycles. The first-order chi connectivity index (χ1) is 40.5. The first kappa shape index (κ1) is 79.8. The van der Waals surface area contributed by atoms with Crippen molar-refractivity contribution in [3.63, 3.8) is 0 Å². The second-order valence-corrected chi connectivity index (χ2v) is 25.3. The monoisotopic (exact) mass is 1150 g/mol. The molecule has 0 radical (unpaired) electrons. The van der Waals surface area contributed by atoms with Crippen LogP contribution >= 0.6 is 0 Å². The zero-order chi connectivity index (χ0) is 59.2. The van der Waals surface area contributed by atoms with E-state index in [1.807, 2.05) is 6.08 Å². The van der Waals surface area contributed by atoms with Gasteiger partial charge in [-0.2, -0.15) is 0 Å². The molecule has 482 valence electrons. The average Bonchev–Trinajstić information content (AvgIpc) is 3.48. The van der Waals surface area contributed by atoms with Gasteiger partial charge in [0.2, 0.25) is 5.91 Å². The van der Waals surface area contributed by atoms with Crippen molar-refractivity contribution in [3.8, 4) is 0 Å². The summed E-state index contributed by atoms with van der Waals surface area (Å²) in [6, 6.07) is -0.626. The van der Waals surface area contributed by atoms with Crippen LogP contribution in [0.25, 0.3) is 0 Å². The number of amides is 1. The van der Waals surface area contributed by atoms with Gasteiger partial charge >= 0.3 is 5.97 Å². The summed E-state index contributed by atoms with van der Waals surface area (Å²) in [7, 11) is 0. The van der Waals surface area contributed by atoms with Gasteiger partial charge < -0.3 is 20.3 Å². The summed E-state index contributed by atoms with van der Waals surface area (Å²) < 4.78 is 5.48. The molecule has 0 aromatic heterocycles. The number of hydrogen-bond donors (Lipinski definition) is 3. The molecule has 0 aromatic carbocycles. The minimum absolute atomic E-state index is 0.00465. The Kier molecular flexibility index (Phi) is 69.4. The SMILES string of the molecule is CCC/C=C\C/C=C\CCCCCCCC(=O)OCCCCCCCCCCCCCCCC/C=C\CCCCCCCCCCCCCCCCCCCC(=O)NC(CO)C(O)/C=C/CCCCCCCCCCCCCCCCC. The summed E-state index contributed by atoms with van der Waals surface area (Å²) in [5.74, 6) is -0.0570. The minimum atomic E-state index is -0.843. The number of rotatable bonds is 69. The van der Waals surface area contributed by atoms with Crippen LogP contribution in [0.2, 0.25) is 0 Å². The normalized spacial score (nSPS) is 12.8. The van der Waals surface area contributed by atoms with Crippen molar-refractivity contribution in [3.05, 3.63) is 48.6 Å². The fraction of sp³-hybridized carbons (Fsp3) is 0.868. The van der Waals surface area contributed by atoms with Crippen LogP contribution in [0.4, 0.5) is 0 Å². The number of aliphatic hydroxyl groups excluding tert-OH is 2. The number of esters is 1. The van der Waals surface area contributed by atoms with E-state index in [4.69, 9.17) is 4.74 Å². The maximum Gasteiger partial charge on any atom is 0.305 e. The van der Waals surface area contributed by atoms with Gasteiger partial charge in [0.15, 0.2) is 0 Å². The first-order valence-corrected chi connectivity index (χ1v) is 36.9. The molecule has 1 amide bonds. The van der Waals surface area contributed by atoms with E-state index in [0.717, 1.165) is 51.4 Å². The van der Waals surface area contributed by atoms with Crippen LogP contribution in [-0.4, -0.2) is 47.4 Å². The van der Waals surface area contributed by atoms with Crippen LogP contribution in [0, 0.1) is 0 Å². The summed E-state index contributed by atoms with van der Waals surface area (Å²) in [6.07, 6.45) is 93.6. The molecular weight excluding hydrogens is 1010 g/mol. The molecule has 0 aromatic rings. The molecule has 0 saturated carbocycles. The van der Waals surface area contributed by atoms with Gasteiger partial charge in [-0.3, -0.25) is 9.59 Å². The summed E-state index contributed by atoms with van der Waals surface area (Å²) in [5.41, 5.74) is 0. The molecule has 0 rings (SSSR count). The van der Waals surface area contributed by atoms with Gasteiger partial charge in [0.25, 0.3) is 0 Å². The van der Waals surface area contributed by atoms with Crippen molar-refractivity contribution in [2.45, 2.75) is 411 Å². The van der Waals surface area contributed by atoms with E-state index in [0.29, 0.717) is 19.4 Å². The van der Waals surface area contributed by atoms with Crippen LogP contribution in [0.3, 0.4) is 0 Å². The number of aliphatic hydroxyl groups is 2. The largest absolute Gasteiger partial charge is 0.466 e. The number of ether oxygens (including phenoxy) is 1. The highest BCUT2D eigenvalue weighted by Gasteiger charge is 2.18. The van der Waals surface area contributed by atoms with E-state index in [-0.39, 0.29) is 18.5 Å². The van der Waals surface area contributed by atoms with Gasteiger partial charge in [-0.25, -0.2) is 0 Å². The van der Waals surface area contributed by atoms with Crippen molar-refractivity contribution in [1.82, 2.24) is 5.32 Å². The second kappa shape index (κ2) is 71.3. The molecule has 0 bridgehead atoms. The fourth-order valence-corrected chi connectivity index (χ4v) is 11.4. The van der Waals surface area contributed by atoms with Crippen molar-refractivity contribution in [1.29, 1.82) is 0 Å². The minimum Gasteiger partial charge on any atom is -0.466 e. The van der Waals surface area contributed by atoms with E-state index in [1.165, 1.54) is 321 Å². The molecule has 0 heterocycles. The third-order valence-electron chi connectivity index (χ3n) is 17.0. The van der Waals surface area contributed by atoms with Gasteiger partial charge in [-0.15, -0.1) is 0 Å². The van der Waals surface area contributed by atoms with Crippen molar-refractivity contribution >= 4 is 11.9 Å². The molecule has 0 fully saturated rings. The Morgan fingerprint density at radius 1 is 0.341 bits per heavy atom.